The molecule has 3 heterocycles. The van der Waals surface area contributed by atoms with Gasteiger partial charge < -0.3 is 40.0 Å². The highest BCUT2D eigenvalue weighted by Gasteiger charge is 2.46. The van der Waals surface area contributed by atoms with Crippen molar-refractivity contribution in [2.75, 3.05) is 72.4 Å². The van der Waals surface area contributed by atoms with Crippen molar-refractivity contribution in [2.45, 2.75) is 61.5 Å². The van der Waals surface area contributed by atoms with Crippen LogP contribution in [0.5, 0.6) is 5.75 Å². The Morgan fingerprint density at radius 3 is 2.20 bits per heavy atom. The Morgan fingerprint density at radius 2 is 1.54 bits per heavy atom. The zero-order valence-electron chi connectivity index (χ0n) is 32.7. The van der Waals surface area contributed by atoms with Crippen molar-refractivity contribution in [3.8, 4) is 5.75 Å². The Kier molecular flexibility index (Phi) is 17.5. The molecule has 0 aliphatic carbocycles. The van der Waals surface area contributed by atoms with E-state index in [1.165, 1.54) is 23.0 Å². The van der Waals surface area contributed by atoms with Crippen LogP contribution < -0.4 is 21.3 Å². The lowest BCUT2D eigenvalue weighted by molar-refractivity contribution is -0.142. The van der Waals surface area contributed by atoms with Gasteiger partial charge in [0.15, 0.2) is 5.69 Å². The first-order valence-corrected chi connectivity index (χ1v) is 20.9. The highest BCUT2D eigenvalue weighted by atomic mass is 32.2. The Labute approximate surface area is 342 Å². The van der Waals surface area contributed by atoms with E-state index in [1.807, 2.05) is 0 Å². The number of ether oxygens (including phenoxy) is 4. The van der Waals surface area contributed by atoms with Crippen molar-refractivity contribution in [2.24, 2.45) is 5.73 Å². The summed E-state index contributed by atoms with van der Waals surface area (Å²) >= 11 is 0. The second-order valence-corrected chi connectivity index (χ2v) is 15.7. The number of amides is 3. The van der Waals surface area contributed by atoms with Crippen LogP contribution >= 0.6 is 0 Å². The summed E-state index contributed by atoms with van der Waals surface area (Å²) in [7, 11) is -4.26. The number of hydrogen-bond donors (Lipinski definition) is 4. The number of aliphatic carboxylic acids is 1. The molecule has 5 rings (SSSR count). The monoisotopic (exact) mass is 844 g/mol. The Hall–Kier alpha value is -5.03. The summed E-state index contributed by atoms with van der Waals surface area (Å²) in [5.41, 5.74) is 8.12. The van der Waals surface area contributed by atoms with E-state index in [9.17, 15) is 32.7 Å². The summed E-state index contributed by atoms with van der Waals surface area (Å²) in [6.45, 7) is 4.49. The number of hydrogen-bond acceptors (Lipinski definition) is 14. The predicted molar refractivity (Wildman–Crippen MR) is 209 cm³/mol. The number of hydroxylamine groups is 1. The zero-order chi connectivity index (χ0) is 42.0. The largest absolute Gasteiger partial charge is 0.480 e. The molecule has 2 aliphatic rings. The van der Waals surface area contributed by atoms with Crippen LogP contribution in [-0.4, -0.2) is 146 Å². The molecular weight excluding hydrogens is 793 g/mol. The van der Waals surface area contributed by atoms with Crippen molar-refractivity contribution >= 4 is 33.9 Å². The normalized spacial score (nSPS) is 17.5. The number of carboxylic acids is 1. The first kappa shape index (κ1) is 45.1. The molecule has 59 heavy (non-hydrogen) atoms. The van der Waals surface area contributed by atoms with Gasteiger partial charge in [-0.1, -0.05) is 35.5 Å². The zero-order valence-corrected chi connectivity index (χ0v) is 33.5. The van der Waals surface area contributed by atoms with E-state index in [0.29, 0.717) is 71.3 Å². The molecule has 3 aromatic rings. The van der Waals surface area contributed by atoms with Gasteiger partial charge in [-0.15, -0.1) is 5.10 Å². The average Bonchev–Trinajstić information content (AvgIpc) is 4.04. The van der Waals surface area contributed by atoms with E-state index >= 15 is 0 Å². The Bertz CT molecular complexity index is 1910. The number of nitrogens with one attached hydrogen (secondary N) is 2. The molecular formula is C38H52N8O12S. The van der Waals surface area contributed by atoms with E-state index < -0.39 is 52.0 Å². The lowest BCUT2D eigenvalue weighted by atomic mass is 10.0. The maximum absolute atomic E-state index is 13.9. The van der Waals surface area contributed by atoms with Gasteiger partial charge in [0.05, 0.1) is 50.2 Å². The number of nitrogens with two attached hydrogens (primary N) is 1. The highest BCUT2D eigenvalue weighted by molar-refractivity contribution is 7.89. The van der Waals surface area contributed by atoms with Crippen LogP contribution in [0.2, 0.25) is 0 Å². The summed E-state index contributed by atoms with van der Waals surface area (Å²) < 4.78 is 51.8. The van der Waals surface area contributed by atoms with Crippen molar-refractivity contribution in [1.29, 1.82) is 0 Å². The van der Waals surface area contributed by atoms with Gasteiger partial charge in [0.2, 0.25) is 15.9 Å². The van der Waals surface area contributed by atoms with Crippen LogP contribution in [0.1, 0.15) is 54.2 Å². The highest BCUT2D eigenvalue weighted by Crippen LogP contribution is 2.32. The van der Waals surface area contributed by atoms with Gasteiger partial charge >= 0.3 is 12.1 Å². The minimum atomic E-state index is -4.26. The second kappa shape index (κ2) is 22.9. The van der Waals surface area contributed by atoms with Crippen LogP contribution in [0, 0.1) is 0 Å². The van der Waals surface area contributed by atoms with Gasteiger partial charge in [0.25, 0.3) is 5.91 Å². The number of carboxylic acid groups (broad SMARTS) is 1. The maximum Gasteiger partial charge on any atom is 0.415 e. The molecule has 5 N–H and O–H groups in total. The summed E-state index contributed by atoms with van der Waals surface area (Å²) in [4.78, 5) is 58.1. The van der Waals surface area contributed by atoms with Gasteiger partial charge in [0, 0.05) is 39.3 Å². The number of carbonyl (C=O) groups excluding carboxylic acids is 3. The fourth-order valence-corrected chi connectivity index (χ4v) is 8.02. The van der Waals surface area contributed by atoms with Crippen LogP contribution in [0.15, 0.2) is 65.7 Å². The smallest absolute Gasteiger partial charge is 0.415 e. The minimum Gasteiger partial charge on any atom is -0.480 e. The molecule has 21 heteroatoms. The third-order valence-corrected chi connectivity index (χ3v) is 11.4. The van der Waals surface area contributed by atoms with Gasteiger partial charge in [0.1, 0.15) is 17.8 Å². The molecule has 0 unspecified atom stereocenters. The number of rotatable bonds is 24. The fraction of sp³-hybridized carbons (Fsp3) is 0.526. The van der Waals surface area contributed by atoms with Crippen LogP contribution in [0.4, 0.5) is 4.79 Å². The molecule has 1 aromatic heterocycles. The summed E-state index contributed by atoms with van der Waals surface area (Å²) in [6.07, 6.45) is 3.73. The molecule has 2 saturated heterocycles. The fourth-order valence-electron chi connectivity index (χ4n) is 6.36. The standard InChI is InChI=1S/C38H52N8O12S/c39-14-6-17-54-20-22-56-23-21-55-18-7-19-57-42-35(47)33-27-45(43-41-33)29-25-34(46(26-29)59(52,53)31-8-2-1-3-9-31)36(48)40-32(37(49)50)24-28-10-12-30(13-11-28)58-38(51)44-15-4-5-16-44/h1-3,8-13,27,29,32,34H,4-7,14-26,39H2,(H,40,48)(H,42,47)(H,49,50)/t29-,32-,34+/m1/s1. The average molecular weight is 845 g/mol. The molecule has 3 amide bonds. The van der Waals surface area contributed by atoms with Gasteiger partial charge in [-0.05, 0) is 68.5 Å². The molecule has 0 saturated carbocycles. The molecule has 0 bridgehead atoms. The van der Waals surface area contributed by atoms with Crippen molar-refractivity contribution in [3.05, 3.63) is 72.1 Å². The Morgan fingerprint density at radius 1 is 0.881 bits per heavy atom. The molecule has 2 aromatic carbocycles. The van der Waals surface area contributed by atoms with E-state index in [4.69, 9.17) is 29.5 Å². The summed E-state index contributed by atoms with van der Waals surface area (Å²) in [5, 5.41) is 20.5. The minimum absolute atomic E-state index is 0.0619. The molecule has 0 radical (unpaired) electrons. The molecule has 2 aliphatic heterocycles. The van der Waals surface area contributed by atoms with E-state index in [2.05, 4.69) is 21.1 Å². The Balaban J connectivity index is 1.14. The third-order valence-electron chi connectivity index (χ3n) is 9.49. The van der Waals surface area contributed by atoms with E-state index in [0.717, 1.165) is 23.6 Å². The molecule has 2 fully saturated rings. The molecule has 0 spiro atoms. The molecule has 20 nitrogen and oxygen atoms in total. The number of aromatic nitrogens is 3. The van der Waals surface area contributed by atoms with E-state index in [1.54, 1.807) is 47.4 Å². The SMILES string of the molecule is NCCCOCCOCCOCCCONC(=O)c1cn([C@@H]2C[C@@H](C(=O)N[C@H](Cc3ccc(OC(=O)N4CCCC4)cc3)C(=O)O)N(S(=O)(=O)c3ccccc3)C2)nn1. The summed E-state index contributed by atoms with van der Waals surface area (Å²) in [5.74, 6) is -2.57. The quantitative estimate of drug-likeness (QED) is 0.0729. The van der Waals surface area contributed by atoms with E-state index in [-0.39, 0.29) is 42.3 Å². The van der Waals surface area contributed by atoms with Crippen molar-refractivity contribution < 1.29 is 56.5 Å². The first-order chi connectivity index (χ1) is 28.6. The number of sulfonamides is 1. The second-order valence-electron chi connectivity index (χ2n) is 13.8. The predicted octanol–water partition coefficient (Wildman–Crippen LogP) is 1.14. The van der Waals surface area contributed by atoms with Gasteiger partial charge in [-0.2, -0.15) is 4.31 Å². The van der Waals surface area contributed by atoms with Crippen molar-refractivity contribution in [1.82, 2.24) is 35.0 Å². The van der Waals surface area contributed by atoms with Gasteiger partial charge in [-0.25, -0.2) is 28.2 Å². The molecule has 322 valence electrons. The van der Waals surface area contributed by atoms with Crippen LogP contribution in [0.25, 0.3) is 0 Å². The lowest BCUT2D eigenvalue weighted by Crippen LogP contribution is -2.51. The number of carbonyl (C=O) groups is 4. The maximum atomic E-state index is 13.9. The van der Waals surface area contributed by atoms with Gasteiger partial charge in [-0.3, -0.25) is 14.4 Å². The first-order valence-electron chi connectivity index (χ1n) is 19.5. The summed E-state index contributed by atoms with van der Waals surface area (Å²) in [6, 6.07) is 10.3. The molecule has 3 atom stereocenters. The van der Waals surface area contributed by atoms with Crippen molar-refractivity contribution in [3.63, 3.8) is 0 Å². The number of likely N-dealkylation sites (tertiary alicyclic amines) is 1. The van der Waals surface area contributed by atoms with Crippen LogP contribution in [0.3, 0.4) is 0 Å². The third kappa shape index (κ3) is 13.5. The van der Waals surface area contributed by atoms with Crippen LogP contribution in [-0.2, 0) is 45.1 Å². The number of nitrogens with zero attached hydrogens (tertiary/aromatic N) is 5. The lowest BCUT2D eigenvalue weighted by Gasteiger charge is -2.25. The topological polar surface area (TPSA) is 256 Å². The number of benzene rings is 2.